The summed E-state index contributed by atoms with van der Waals surface area (Å²) in [6.07, 6.45) is 3.19. The lowest BCUT2D eigenvalue weighted by molar-refractivity contribution is -0.154. The van der Waals surface area contributed by atoms with Gasteiger partial charge in [-0.15, -0.1) is 0 Å². The van der Waals surface area contributed by atoms with Crippen molar-refractivity contribution in [3.05, 3.63) is 54.1 Å². The highest BCUT2D eigenvalue weighted by molar-refractivity contribution is 7.88. The molecule has 27 heavy (non-hydrogen) atoms. The molecule has 2 aromatic rings. The lowest BCUT2D eigenvalue weighted by Gasteiger charge is -2.36. The molecular formula is C18H22N4O4S. The van der Waals surface area contributed by atoms with Crippen molar-refractivity contribution in [1.82, 2.24) is 18.8 Å². The Morgan fingerprint density at radius 2 is 2.00 bits per heavy atom. The number of sulfonamides is 1. The van der Waals surface area contributed by atoms with Gasteiger partial charge in [0.15, 0.2) is 0 Å². The van der Waals surface area contributed by atoms with Crippen molar-refractivity contribution in [2.24, 2.45) is 7.05 Å². The van der Waals surface area contributed by atoms with E-state index in [0.29, 0.717) is 6.54 Å². The van der Waals surface area contributed by atoms with Gasteiger partial charge in [0.05, 0.1) is 24.4 Å². The summed E-state index contributed by atoms with van der Waals surface area (Å²) in [6, 6.07) is 8.81. The van der Waals surface area contributed by atoms with Crippen molar-refractivity contribution < 1.29 is 17.9 Å². The molecule has 0 saturated carbocycles. The van der Waals surface area contributed by atoms with Crippen molar-refractivity contribution >= 4 is 15.9 Å². The first kappa shape index (κ1) is 18.1. The summed E-state index contributed by atoms with van der Waals surface area (Å²) in [6.45, 7) is 0.831. The standard InChI is InChI=1S/C18H22N4O4S/c1-20-8-7-19-17(20)11-22-15-9-21(10-16(15)26-12-18(22)23)27(24,25)13-14-5-3-2-4-6-14/h2-8,15-16H,9-13H2,1H3/t15-,16+/m1/s1. The minimum atomic E-state index is -3.49. The summed E-state index contributed by atoms with van der Waals surface area (Å²) >= 11 is 0. The first-order valence-corrected chi connectivity index (χ1v) is 10.4. The zero-order valence-corrected chi connectivity index (χ0v) is 15.9. The van der Waals surface area contributed by atoms with E-state index >= 15 is 0 Å². The van der Waals surface area contributed by atoms with Gasteiger partial charge in [0, 0.05) is 32.5 Å². The maximum atomic E-state index is 12.9. The molecule has 9 heteroatoms. The van der Waals surface area contributed by atoms with Crippen LogP contribution in [-0.4, -0.2) is 64.9 Å². The van der Waals surface area contributed by atoms with Gasteiger partial charge < -0.3 is 14.2 Å². The van der Waals surface area contributed by atoms with Crippen molar-refractivity contribution in [3.63, 3.8) is 0 Å². The maximum Gasteiger partial charge on any atom is 0.249 e. The van der Waals surface area contributed by atoms with Crippen LogP contribution in [0.15, 0.2) is 42.7 Å². The average molecular weight is 390 g/mol. The van der Waals surface area contributed by atoms with Gasteiger partial charge in [-0.25, -0.2) is 13.4 Å². The number of morpholine rings is 1. The Morgan fingerprint density at radius 3 is 2.70 bits per heavy atom. The minimum absolute atomic E-state index is 0.0296. The molecule has 2 aliphatic rings. The van der Waals surface area contributed by atoms with E-state index in [4.69, 9.17) is 4.74 Å². The highest BCUT2D eigenvalue weighted by Crippen LogP contribution is 2.27. The fraction of sp³-hybridized carbons (Fsp3) is 0.444. The number of carbonyl (C=O) groups excluding carboxylic acids is 1. The van der Waals surface area contributed by atoms with Gasteiger partial charge in [0.2, 0.25) is 15.9 Å². The Morgan fingerprint density at radius 1 is 1.22 bits per heavy atom. The van der Waals surface area contributed by atoms with E-state index in [1.807, 2.05) is 36.0 Å². The van der Waals surface area contributed by atoms with Crippen LogP contribution in [0.3, 0.4) is 0 Å². The lowest BCUT2D eigenvalue weighted by atomic mass is 10.1. The molecule has 0 unspecified atom stereocenters. The number of fused-ring (bicyclic) bond motifs is 1. The van der Waals surface area contributed by atoms with Crippen LogP contribution < -0.4 is 0 Å². The number of aromatic nitrogens is 2. The second-order valence-corrected chi connectivity index (χ2v) is 8.92. The zero-order valence-electron chi connectivity index (χ0n) is 15.1. The van der Waals surface area contributed by atoms with Gasteiger partial charge in [0.25, 0.3) is 0 Å². The molecule has 0 spiro atoms. The normalized spacial score (nSPS) is 23.6. The number of benzene rings is 1. The smallest absolute Gasteiger partial charge is 0.249 e. The molecule has 2 saturated heterocycles. The highest BCUT2D eigenvalue weighted by Gasteiger charge is 2.46. The quantitative estimate of drug-likeness (QED) is 0.736. The number of hydrogen-bond donors (Lipinski definition) is 0. The van der Waals surface area contributed by atoms with Crippen LogP contribution in [0.25, 0.3) is 0 Å². The molecule has 1 amide bonds. The van der Waals surface area contributed by atoms with E-state index < -0.39 is 10.0 Å². The van der Waals surface area contributed by atoms with Gasteiger partial charge in [0.1, 0.15) is 12.4 Å². The number of nitrogens with zero attached hydrogens (tertiary/aromatic N) is 4. The van der Waals surface area contributed by atoms with Gasteiger partial charge in [-0.3, -0.25) is 4.79 Å². The molecule has 2 aliphatic heterocycles. The Bertz CT molecular complexity index is 928. The fourth-order valence-electron chi connectivity index (χ4n) is 3.64. The van der Waals surface area contributed by atoms with Crippen LogP contribution in [0.5, 0.6) is 0 Å². The second-order valence-electron chi connectivity index (χ2n) is 6.95. The van der Waals surface area contributed by atoms with Crippen LogP contribution in [-0.2, 0) is 38.9 Å². The molecule has 144 valence electrons. The second kappa shape index (κ2) is 7.06. The third kappa shape index (κ3) is 3.62. The zero-order chi connectivity index (χ0) is 19.0. The summed E-state index contributed by atoms with van der Waals surface area (Å²) in [4.78, 5) is 18.4. The summed E-state index contributed by atoms with van der Waals surface area (Å²) in [5, 5.41) is 0. The van der Waals surface area contributed by atoms with Crippen LogP contribution in [0.2, 0.25) is 0 Å². The summed E-state index contributed by atoms with van der Waals surface area (Å²) in [5.41, 5.74) is 0.745. The largest absolute Gasteiger partial charge is 0.365 e. The number of hydrogen-bond acceptors (Lipinski definition) is 5. The third-order valence-corrected chi connectivity index (χ3v) is 6.95. The molecule has 1 aromatic heterocycles. The van der Waals surface area contributed by atoms with E-state index in [2.05, 4.69) is 4.98 Å². The number of amides is 1. The molecule has 1 aromatic carbocycles. The van der Waals surface area contributed by atoms with Gasteiger partial charge >= 0.3 is 0 Å². The van der Waals surface area contributed by atoms with E-state index in [0.717, 1.165) is 11.4 Å². The van der Waals surface area contributed by atoms with E-state index in [1.54, 1.807) is 23.2 Å². The predicted molar refractivity (Wildman–Crippen MR) is 97.9 cm³/mol. The molecule has 2 fully saturated rings. The van der Waals surface area contributed by atoms with Gasteiger partial charge in [-0.05, 0) is 5.56 Å². The molecule has 8 nitrogen and oxygen atoms in total. The Hall–Kier alpha value is -2.23. The summed E-state index contributed by atoms with van der Waals surface area (Å²) in [7, 11) is -1.62. The van der Waals surface area contributed by atoms with Crippen molar-refractivity contribution in [2.75, 3.05) is 19.7 Å². The molecule has 0 bridgehead atoms. The monoisotopic (exact) mass is 390 g/mol. The van der Waals surface area contributed by atoms with Crippen LogP contribution in [0, 0.1) is 0 Å². The molecule has 3 heterocycles. The SMILES string of the molecule is Cn1ccnc1CN1C(=O)CO[C@H]2CN(S(=O)(=O)Cc3ccccc3)C[C@H]21. The number of imidazole rings is 1. The van der Waals surface area contributed by atoms with Crippen molar-refractivity contribution in [3.8, 4) is 0 Å². The predicted octanol–water partition coefficient (Wildman–Crippen LogP) is 0.362. The highest BCUT2D eigenvalue weighted by atomic mass is 32.2. The summed E-state index contributed by atoms with van der Waals surface area (Å²) in [5.74, 6) is 0.566. The van der Waals surface area contributed by atoms with E-state index in [1.165, 1.54) is 4.31 Å². The first-order valence-electron chi connectivity index (χ1n) is 8.83. The van der Waals surface area contributed by atoms with Crippen molar-refractivity contribution in [2.45, 2.75) is 24.4 Å². The van der Waals surface area contributed by atoms with Gasteiger partial charge in [-0.1, -0.05) is 30.3 Å². The van der Waals surface area contributed by atoms with E-state index in [-0.39, 0.29) is 43.5 Å². The van der Waals surface area contributed by atoms with Crippen LogP contribution in [0.1, 0.15) is 11.4 Å². The Kier molecular flexibility index (Phi) is 4.75. The third-order valence-electron chi connectivity index (χ3n) is 5.16. The first-order chi connectivity index (χ1) is 12.9. The lowest BCUT2D eigenvalue weighted by Crippen LogP contribution is -2.53. The van der Waals surface area contributed by atoms with Crippen LogP contribution >= 0.6 is 0 Å². The molecule has 0 N–H and O–H groups in total. The number of carbonyl (C=O) groups is 1. The van der Waals surface area contributed by atoms with Crippen molar-refractivity contribution in [1.29, 1.82) is 0 Å². The Labute approximate surface area is 158 Å². The topological polar surface area (TPSA) is 84.7 Å². The number of ether oxygens (including phenoxy) is 1. The van der Waals surface area contributed by atoms with Gasteiger partial charge in [-0.2, -0.15) is 4.31 Å². The Balaban J connectivity index is 1.52. The molecular weight excluding hydrogens is 368 g/mol. The van der Waals surface area contributed by atoms with Crippen LogP contribution in [0.4, 0.5) is 0 Å². The molecule has 2 atom stereocenters. The number of rotatable bonds is 5. The fourth-order valence-corrected chi connectivity index (χ4v) is 5.19. The maximum absolute atomic E-state index is 12.9. The molecule has 0 radical (unpaired) electrons. The number of aryl methyl sites for hydroxylation is 1. The van der Waals surface area contributed by atoms with E-state index in [9.17, 15) is 13.2 Å². The molecule has 4 rings (SSSR count). The summed E-state index contributed by atoms with van der Waals surface area (Å²) < 4.78 is 34.7. The minimum Gasteiger partial charge on any atom is -0.365 e. The molecule has 0 aliphatic carbocycles. The average Bonchev–Trinajstić information content (AvgIpc) is 3.25.